The molecule has 2 aromatic carbocycles. The minimum absolute atomic E-state index is 0. The largest absolute Gasteiger partial charge is 0.378 e. The first kappa shape index (κ1) is 24.4. The fourth-order valence-electron chi connectivity index (χ4n) is 3.39. The highest BCUT2D eigenvalue weighted by Crippen LogP contribution is 2.21. The third kappa shape index (κ3) is 6.84. The van der Waals surface area contributed by atoms with Gasteiger partial charge in [0.05, 0.1) is 18.9 Å². The Kier molecular flexibility index (Phi) is 9.84. The zero-order valence-corrected chi connectivity index (χ0v) is 20.3. The Balaban J connectivity index is 0.00000320. The van der Waals surface area contributed by atoms with Gasteiger partial charge in [-0.3, -0.25) is 4.99 Å². The van der Waals surface area contributed by atoms with Gasteiger partial charge in [0.25, 0.3) is 0 Å². The maximum absolute atomic E-state index is 14.6. The van der Waals surface area contributed by atoms with Crippen molar-refractivity contribution in [2.45, 2.75) is 26.3 Å². The molecule has 0 bridgehead atoms. The van der Waals surface area contributed by atoms with Crippen LogP contribution < -0.4 is 15.5 Å². The summed E-state index contributed by atoms with van der Waals surface area (Å²) in [6, 6.07) is 14.0. The van der Waals surface area contributed by atoms with Crippen LogP contribution in [0.2, 0.25) is 0 Å². The highest BCUT2D eigenvalue weighted by molar-refractivity contribution is 14.0. The van der Waals surface area contributed by atoms with Crippen LogP contribution in [0.5, 0.6) is 0 Å². The molecule has 0 aromatic heterocycles. The standard InChI is InChI=1S/C23H31FN4O.HI/c1-17-4-7-20(8-5-17)18(2)15-26-23(25-3)27-16-19-6-9-22(21(24)14-19)28-10-12-29-13-11-28;/h4-9,14,18H,10-13,15-16H2,1-3H3,(H2,25,26,27);1H. The van der Waals surface area contributed by atoms with Crippen LogP contribution in [-0.4, -0.2) is 45.9 Å². The second-order valence-corrected chi connectivity index (χ2v) is 7.50. The first-order chi connectivity index (χ1) is 14.1. The van der Waals surface area contributed by atoms with E-state index >= 15 is 0 Å². The van der Waals surface area contributed by atoms with E-state index in [1.54, 1.807) is 13.1 Å². The predicted octanol–water partition coefficient (Wildman–Crippen LogP) is 4.06. The number of guanidine groups is 1. The molecular weight excluding hydrogens is 494 g/mol. The lowest BCUT2D eigenvalue weighted by Crippen LogP contribution is -2.38. The highest BCUT2D eigenvalue weighted by atomic mass is 127. The van der Waals surface area contributed by atoms with Gasteiger partial charge in [0.2, 0.25) is 0 Å². The Hall–Kier alpha value is -1.87. The summed E-state index contributed by atoms with van der Waals surface area (Å²) in [5.41, 5.74) is 4.08. The molecule has 1 atom stereocenters. The maximum atomic E-state index is 14.6. The van der Waals surface area contributed by atoms with E-state index in [-0.39, 0.29) is 29.8 Å². The number of halogens is 2. The Bertz CT molecular complexity index is 822. The third-order valence-corrected chi connectivity index (χ3v) is 5.27. The number of morpholine rings is 1. The van der Waals surface area contributed by atoms with Crippen molar-refractivity contribution in [3.05, 3.63) is 65.0 Å². The maximum Gasteiger partial charge on any atom is 0.191 e. The summed E-state index contributed by atoms with van der Waals surface area (Å²) in [7, 11) is 1.74. The second-order valence-electron chi connectivity index (χ2n) is 7.50. The Morgan fingerprint density at radius 2 is 1.83 bits per heavy atom. The van der Waals surface area contributed by atoms with Crippen LogP contribution >= 0.6 is 24.0 Å². The molecule has 30 heavy (non-hydrogen) atoms. The van der Waals surface area contributed by atoms with Crippen molar-refractivity contribution in [3.63, 3.8) is 0 Å². The fourth-order valence-corrected chi connectivity index (χ4v) is 3.39. The molecule has 3 rings (SSSR count). The van der Waals surface area contributed by atoms with E-state index < -0.39 is 0 Å². The van der Waals surface area contributed by atoms with Crippen LogP contribution in [-0.2, 0) is 11.3 Å². The minimum atomic E-state index is -0.192. The van der Waals surface area contributed by atoms with Crippen LogP contribution in [0, 0.1) is 12.7 Å². The lowest BCUT2D eigenvalue weighted by Gasteiger charge is -2.29. The summed E-state index contributed by atoms with van der Waals surface area (Å²) in [6.45, 7) is 8.30. The van der Waals surface area contributed by atoms with Gasteiger partial charge in [-0.1, -0.05) is 42.8 Å². The monoisotopic (exact) mass is 526 g/mol. The average Bonchev–Trinajstić information content (AvgIpc) is 2.75. The first-order valence-electron chi connectivity index (χ1n) is 10.2. The Labute approximate surface area is 196 Å². The van der Waals surface area contributed by atoms with Crippen molar-refractivity contribution >= 4 is 35.6 Å². The van der Waals surface area contributed by atoms with E-state index in [0.29, 0.717) is 37.3 Å². The molecule has 0 saturated carbocycles. The molecule has 1 fully saturated rings. The van der Waals surface area contributed by atoms with E-state index in [2.05, 4.69) is 53.7 Å². The second kappa shape index (κ2) is 12.1. The summed E-state index contributed by atoms with van der Waals surface area (Å²) in [4.78, 5) is 6.31. The van der Waals surface area contributed by atoms with E-state index in [4.69, 9.17) is 4.74 Å². The van der Waals surface area contributed by atoms with Crippen molar-refractivity contribution < 1.29 is 9.13 Å². The normalized spacial score (nSPS) is 15.3. The molecule has 1 unspecified atom stereocenters. The molecule has 1 heterocycles. The van der Waals surface area contributed by atoms with Crippen LogP contribution in [0.25, 0.3) is 0 Å². The van der Waals surface area contributed by atoms with Gasteiger partial charge < -0.3 is 20.3 Å². The molecule has 0 radical (unpaired) electrons. The van der Waals surface area contributed by atoms with Crippen LogP contribution in [0.15, 0.2) is 47.5 Å². The zero-order valence-electron chi connectivity index (χ0n) is 18.0. The molecule has 1 aliphatic rings. The van der Waals surface area contributed by atoms with Gasteiger partial charge in [-0.25, -0.2) is 4.39 Å². The lowest BCUT2D eigenvalue weighted by atomic mass is 10.0. The highest BCUT2D eigenvalue weighted by Gasteiger charge is 2.15. The predicted molar refractivity (Wildman–Crippen MR) is 133 cm³/mol. The molecule has 0 spiro atoms. The van der Waals surface area contributed by atoms with Crippen molar-refractivity contribution in [1.82, 2.24) is 10.6 Å². The molecule has 1 aliphatic heterocycles. The molecule has 2 N–H and O–H groups in total. The van der Waals surface area contributed by atoms with Crippen molar-refractivity contribution in [2.24, 2.45) is 4.99 Å². The summed E-state index contributed by atoms with van der Waals surface area (Å²) in [5.74, 6) is 0.878. The van der Waals surface area contributed by atoms with Gasteiger partial charge in [0.15, 0.2) is 5.96 Å². The molecule has 5 nitrogen and oxygen atoms in total. The summed E-state index contributed by atoms with van der Waals surface area (Å²) in [5, 5.41) is 6.62. The number of hydrogen-bond acceptors (Lipinski definition) is 3. The summed E-state index contributed by atoms with van der Waals surface area (Å²) in [6.07, 6.45) is 0. The number of benzene rings is 2. The fraction of sp³-hybridized carbons (Fsp3) is 0.435. The van der Waals surface area contributed by atoms with Crippen LogP contribution in [0.4, 0.5) is 10.1 Å². The zero-order chi connectivity index (χ0) is 20.6. The molecule has 0 aliphatic carbocycles. The van der Waals surface area contributed by atoms with Crippen molar-refractivity contribution in [1.29, 1.82) is 0 Å². The number of nitrogens with one attached hydrogen (secondary N) is 2. The molecule has 7 heteroatoms. The van der Waals surface area contributed by atoms with Crippen LogP contribution in [0.1, 0.15) is 29.5 Å². The smallest absolute Gasteiger partial charge is 0.191 e. The van der Waals surface area contributed by atoms with E-state index in [0.717, 1.165) is 25.2 Å². The summed E-state index contributed by atoms with van der Waals surface area (Å²) < 4.78 is 19.9. The number of ether oxygens (including phenoxy) is 1. The molecule has 164 valence electrons. The lowest BCUT2D eigenvalue weighted by molar-refractivity contribution is 0.122. The van der Waals surface area contributed by atoms with E-state index in [1.165, 1.54) is 11.1 Å². The van der Waals surface area contributed by atoms with Gasteiger partial charge in [-0.05, 0) is 36.1 Å². The van der Waals surface area contributed by atoms with Crippen molar-refractivity contribution in [3.8, 4) is 0 Å². The number of hydrogen-bond donors (Lipinski definition) is 2. The van der Waals surface area contributed by atoms with Gasteiger partial charge in [0.1, 0.15) is 5.82 Å². The molecular formula is C23H32FIN4O. The van der Waals surface area contributed by atoms with Gasteiger partial charge in [0, 0.05) is 33.2 Å². The van der Waals surface area contributed by atoms with E-state index in [1.807, 2.05) is 17.0 Å². The number of rotatable bonds is 6. The minimum Gasteiger partial charge on any atom is -0.378 e. The average molecular weight is 526 g/mol. The molecule has 2 aromatic rings. The molecule has 0 amide bonds. The quantitative estimate of drug-likeness (QED) is 0.339. The Morgan fingerprint density at radius 3 is 2.47 bits per heavy atom. The third-order valence-electron chi connectivity index (χ3n) is 5.27. The van der Waals surface area contributed by atoms with Crippen LogP contribution in [0.3, 0.4) is 0 Å². The number of anilines is 1. The molecule has 1 saturated heterocycles. The van der Waals surface area contributed by atoms with Gasteiger partial charge in [-0.15, -0.1) is 24.0 Å². The van der Waals surface area contributed by atoms with Gasteiger partial charge in [-0.2, -0.15) is 0 Å². The number of aliphatic imine (C=N–C) groups is 1. The van der Waals surface area contributed by atoms with Crippen molar-refractivity contribution in [2.75, 3.05) is 44.8 Å². The van der Waals surface area contributed by atoms with Gasteiger partial charge >= 0.3 is 0 Å². The SMILES string of the molecule is CN=C(NCc1ccc(N2CCOCC2)c(F)c1)NCC(C)c1ccc(C)cc1.I. The first-order valence-corrected chi connectivity index (χ1v) is 10.2. The Morgan fingerprint density at radius 1 is 1.13 bits per heavy atom. The number of aryl methyl sites for hydroxylation is 1. The summed E-state index contributed by atoms with van der Waals surface area (Å²) >= 11 is 0. The van der Waals surface area contributed by atoms with E-state index in [9.17, 15) is 4.39 Å². The topological polar surface area (TPSA) is 48.9 Å². The number of nitrogens with zero attached hydrogens (tertiary/aromatic N) is 2.